The molecule has 2 aromatic rings. The molecule has 4 nitrogen and oxygen atoms in total. The van der Waals surface area contributed by atoms with Crippen LogP contribution < -0.4 is 0 Å². The zero-order chi connectivity index (χ0) is 16.0. The van der Waals surface area contributed by atoms with Gasteiger partial charge in [0.05, 0.1) is 12.2 Å². The van der Waals surface area contributed by atoms with Crippen LogP contribution in [-0.4, -0.2) is 27.1 Å². The van der Waals surface area contributed by atoms with Crippen molar-refractivity contribution in [3.63, 3.8) is 0 Å². The smallest absolute Gasteiger partial charge is 0.226 e. The third-order valence-corrected chi connectivity index (χ3v) is 5.22. The van der Waals surface area contributed by atoms with E-state index in [1.165, 1.54) is 16.7 Å². The fraction of sp³-hybridized carbons (Fsp3) is 0.474. The largest absolute Gasteiger partial charge is 0.335 e. The maximum atomic E-state index is 13.0. The van der Waals surface area contributed by atoms with E-state index >= 15 is 0 Å². The van der Waals surface area contributed by atoms with Crippen molar-refractivity contribution in [3.8, 4) is 0 Å². The number of amides is 1. The molecule has 0 unspecified atom stereocenters. The number of benzene rings is 1. The molecule has 1 saturated heterocycles. The van der Waals surface area contributed by atoms with Crippen molar-refractivity contribution in [1.82, 2.24) is 14.7 Å². The fourth-order valence-corrected chi connectivity index (χ4v) is 3.94. The molecule has 3 atom stereocenters. The Hall–Kier alpha value is -2.10. The Kier molecular flexibility index (Phi) is 3.47. The van der Waals surface area contributed by atoms with Gasteiger partial charge in [-0.15, -0.1) is 0 Å². The van der Waals surface area contributed by atoms with Crippen LogP contribution >= 0.6 is 0 Å². The molecule has 0 radical (unpaired) electrons. The zero-order valence-corrected chi connectivity index (χ0v) is 13.8. The molecule has 1 aromatic heterocycles. The number of aromatic nitrogens is 2. The number of nitrogens with zero attached hydrogens (tertiary/aromatic N) is 3. The average molecular weight is 309 g/mol. The van der Waals surface area contributed by atoms with Gasteiger partial charge < -0.3 is 4.90 Å². The lowest BCUT2D eigenvalue weighted by atomic mass is 10.1. The number of hydrogen-bond acceptors (Lipinski definition) is 2. The summed E-state index contributed by atoms with van der Waals surface area (Å²) in [5, 5.41) is 4.27. The predicted octanol–water partition coefficient (Wildman–Crippen LogP) is 3.20. The van der Waals surface area contributed by atoms with Gasteiger partial charge in [-0.1, -0.05) is 29.8 Å². The van der Waals surface area contributed by atoms with E-state index in [4.69, 9.17) is 0 Å². The summed E-state index contributed by atoms with van der Waals surface area (Å²) in [5.41, 5.74) is 3.77. The van der Waals surface area contributed by atoms with Gasteiger partial charge in [0.1, 0.15) is 0 Å². The van der Waals surface area contributed by atoms with Gasteiger partial charge in [-0.3, -0.25) is 9.48 Å². The standard InChI is InChI=1S/C19H23N3O/c1-13-5-3-6-14(9-13)16-10-17(16)19(23)22-8-4-7-18(22)15-11-20-21(2)12-15/h3,5-6,9,11-12,16-18H,4,7-8,10H2,1-2H3/t16-,17+,18+/m0/s1. The molecule has 1 aliphatic heterocycles. The first-order chi connectivity index (χ1) is 11.1. The van der Waals surface area contributed by atoms with Crippen LogP contribution in [0.25, 0.3) is 0 Å². The summed E-state index contributed by atoms with van der Waals surface area (Å²) >= 11 is 0. The van der Waals surface area contributed by atoms with E-state index in [2.05, 4.69) is 41.2 Å². The van der Waals surface area contributed by atoms with Crippen LogP contribution in [0, 0.1) is 12.8 Å². The van der Waals surface area contributed by atoms with Crippen LogP contribution in [0.5, 0.6) is 0 Å². The monoisotopic (exact) mass is 309 g/mol. The van der Waals surface area contributed by atoms with Gasteiger partial charge in [-0.25, -0.2) is 0 Å². The minimum Gasteiger partial charge on any atom is -0.335 e. The van der Waals surface area contributed by atoms with E-state index in [0.717, 1.165) is 25.8 Å². The highest BCUT2D eigenvalue weighted by Gasteiger charge is 2.47. The van der Waals surface area contributed by atoms with Crippen molar-refractivity contribution in [2.45, 2.75) is 38.1 Å². The van der Waals surface area contributed by atoms with Crippen LogP contribution in [0.2, 0.25) is 0 Å². The second kappa shape index (κ2) is 5.52. The Morgan fingerprint density at radius 3 is 2.91 bits per heavy atom. The van der Waals surface area contributed by atoms with Crippen molar-refractivity contribution in [2.75, 3.05) is 6.54 Å². The molecule has 23 heavy (non-hydrogen) atoms. The van der Waals surface area contributed by atoms with Crippen molar-refractivity contribution in [3.05, 3.63) is 53.3 Å². The van der Waals surface area contributed by atoms with E-state index in [9.17, 15) is 4.79 Å². The van der Waals surface area contributed by atoms with Crippen LogP contribution in [-0.2, 0) is 11.8 Å². The Morgan fingerprint density at radius 2 is 2.17 bits per heavy atom. The molecular formula is C19H23N3O. The SMILES string of the molecule is Cc1cccc([C@@H]2C[C@H]2C(=O)N2CCC[C@@H]2c2cnn(C)c2)c1. The molecule has 1 aromatic carbocycles. The maximum absolute atomic E-state index is 13.0. The van der Waals surface area contributed by atoms with Crippen LogP contribution in [0.15, 0.2) is 36.7 Å². The summed E-state index contributed by atoms with van der Waals surface area (Å²) in [4.78, 5) is 15.1. The van der Waals surface area contributed by atoms with Crippen LogP contribution in [0.1, 0.15) is 47.9 Å². The van der Waals surface area contributed by atoms with Gasteiger partial charge in [-0.2, -0.15) is 5.10 Å². The third kappa shape index (κ3) is 2.67. The molecule has 1 saturated carbocycles. The topological polar surface area (TPSA) is 38.1 Å². The van der Waals surface area contributed by atoms with Gasteiger partial charge in [-0.05, 0) is 37.7 Å². The quantitative estimate of drug-likeness (QED) is 0.873. The number of likely N-dealkylation sites (tertiary alicyclic amines) is 1. The Morgan fingerprint density at radius 1 is 1.30 bits per heavy atom. The van der Waals surface area contributed by atoms with E-state index in [1.807, 2.05) is 24.1 Å². The molecule has 1 amide bonds. The summed E-state index contributed by atoms with van der Waals surface area (Å²) in [7, 11) is 1.93. The summed E-state index contributed by atoms with van der Waals surface area (Å²) in [6, 6.07) is 8.81. The average Bonchev–Trinajstić information content (AvgIpc) is 2.97. The van der Waals surface area contributed by atoms with E-state index in [-0.39, 0.29) is 12.0 Å². The highest BCUT2D eigenvalue weighted by molar-refractivity contribution is 5.83. The van der Waals surface area contributed by atoms with Gasteiger partial charge in [0.15, 0.2) is 0 Å². The first kappa shape index (κ1) is 14.5. The normalized spacial score (nSPS) is 26.5. The number of carbonyl (C=O) groups excluding carboxylic acids is 1. The van der Waals surface area contributed by atoms with Gasteiger partial charge in [0, 0.05) is 31.3 Å². The fourth-order valence-electron chi connectivity index (χ4n) is 3.94. The second-order valence-corrected chi connectivity index (χ2v) is 7.00. The van der Waals surface area contributed by atoms with E-state index in [0.29, 0.717) is 11.8 Å². The predicted molar refractivity (Wildman–Crippen MR) is 88.9 cm³/mol. The summed E-state index contributed by atoms with van der Waals surface area (Å²) in [6.45, 7) is 3.00. The molecule has 1 aliphatic carbocycles. The van der Waals surface area contributed by atoms with Gasteiger partial charge in [0.25, 0.3) is 0 Å². The van der Waals surface area contributed by atoms with Crippen LogP contribution in [0.4, 0.5) is 0 Å². The molecule has 2 fully saturated rings. The molecule has 4 rings (SSSR count). The van der Waals surface area contributed by atoms with Gasteiger partial charge >= 0.3 is 0 Å². The number of aryl methyl sites for hydroxylation is 2. The Bertz CT molecular complexity index is 736. The van der Waals surface area contributed by atoms with Gasteiger partial charge in [0.2, 0.25) is 5.91 Å². The Balaban J connectivity index is 1.49. The molecular weight excluding hydrogens is 286 g/mol. The maximum Gasteiger partial charge on any atom is 0.226 e. The highest BCUT2D eigenvalue weighted by atomic mass is 16.2. The number of hydrogen-bond donors (Lipinski definition) is 0. The van der Waals surface area contributed by atoms with E-state index < -0.39 is 0 Å². The lowest BCUT2D eigenvalue weighted by Gasteiger charge is -2.24. The molecule has 2 heterocycles. The van der Waals surface area contributed by atoms with Crippen molar-refractivity contribution in [1.29, 1.82) is 0 Å². The first-order valence-electron chi connectivity index (χ1n) is 8.49. The first-order valence-corrected chi connectivity index (χ1v) is 8.49. The van der Waals surface area contributed by atoms with Crippen LogP contribution in [0.3, 0.4) is 0 Å². The minimum atomic E-state index is 0.175. The number of rotatable bonds is 3. The molecule has 0 bridgehead atoms. The van der Waals surface area contributed by atoms with Crippen molar-refractivity contribution < 1.29 is 4.79 Å². The molecule has 2 aliphatic rings. The molecule has 0 spiro atoms. The Labute approximate surface area is 137 Å². The molecule has 120 valence electrons. The minimum absolute atomic E-state index is 0.175. The number of carbonyl (C=O) groups is 1. The lowest BCUT2D eigenvalue weighted by molar-refractivity contribution is -0.133. The van der Waals surface area contributed by atoms with E-state index in [1.54, 1.807) is 0 Å². The summed E-state index contributed by atoms with van der Waals surface area (Å²) in [6.07, 6.45) is 7.09. The molecule has 4 heteroatoms. The summed E-state index contributed by atoms with van der Waals surface area (Å²) < 4.78 is 1.82. The second-order valence-electron chi connectivity index (χ2n) is 7.00. The molecule has 0 N–H and O–H groups in total. The van der Waals surface area contributed by atoms with Crippen molar-refractivity contribution in [2.24, 2.45) is 13.0 Å². The van der Waals surface area contributed by atoms with Crippen molar-refractivity contribution >= 4 is 5.91 Å². The third-order valence-electron chi connectivity index (χ3n) is 5.22. The lowest BCUT2D eigenvalue weighted by Crippen LogP contribution is -2.32. The zero-order valence-electron chi connectivity index (χ0n) is 13.8. The highest BCUT2D eigenvalue weighted by Crippen LogP contribution is 2.50. The summed E-state index contributed by atoms with van der Waals surface area (Å²) in [5.74, 6) is 0.925.